The fourth-order valence-corrected chi connectivity index (χ4v) is 17.9. The van der Waals surface area contributed by atoms with Crippen LogP contribution >= 0.6 is 0 Å². The Morgan fingerprint density at radius 2 is 1.61 bits per heavy atom. The van der Waals surface area contributed by atoms with Crippen LogP contribution in [0.15, 0.2) is 10.6 Å². The molecule has 1 rings (SSSR count). The van der Waals surface area contributed by atoms with E-state index in [9.17, 15) is 0 Å². The van der Waals surface area contributed by atoms with E-state index < -0.39 is 18.4 Å². The van der Waals surface area contributed by atoms with Crippen LogP contribution < -0.4 is 3.78 Å². The molecule has 18 heavy (non-hydrogen) atoms. The molecule has 0 amide bonds. The van der Waals surface area contributed by atoms with Crippen LogP contribution in [0.3, 0.4) is 0 Å². The van der Waals surface area contributed by atoms with Gasteiger partial charge in [0.1, 0.15) is 0 Å². The maximum absolute atomic E-state index is 5.72. The summed E-state index contributed by atoms with van der Waals surface area (Å²) in [7, 11) is 0. The van der Waals surface area contributed by atoms with E-state index in [1.54, 1.807) is 0 Å². The number of aryl methyl sites for hydroxylation is 1. The van der Waals surface area contributed by atoms with Crippen LogP contribution in [0.4, 0.5) is 0 Å². The van der Waals surface area contributed by atoms with Crippen LogP contribution in [0.2, 0.25) is 13.3 Å². The molecule has 1 aromatic heterocycles. The molecule has 0 spiro atoms. The Balaban J connectivity index is 2.93. The number of nitrogens with zero attached hydrogens (tertiary/aromatic N) is 1. The predicted molar refractivity (Wildman–Crippen MR) is 81.2 cm³/mol. The molecule has 0 radical (unpaired) electrons. The van der Waals surface area contributed by atoms with E-state index in [0.717, 1.165) is 5.69 Å². The van der Waals surface area contributed by atoms with E-state index in [4.69, 9.17) is 4.52 Å². The summed E-state index contributed by atoms with van der Waals surface area (Å²) in [4.78, 5) is 0. The second kappa shape index (κ2) is 8.23. The van der Waals surface area contributed by atoms with Gasteiger partial charge in [0.05, 0.1) is 0 Å². The first-order chi connectivity index (χ1) is 8.68. The first-order valence-corrected chi connectivity index (χ1v) is 15.1. The molecule has 3 heteroatoms. The van der Waals surface area contributed by atoms with Crippen LogP contribution in [0.5, 0.6) is 0 Å². The van der Waals surface area contributed by atoms with Crippen LogP contribution in [0, 0.1) is 6.92 Å². The molecule has 0 atom stereocenters. The van der Waals surface area contributed by atoms with Crippen molar-refractivity contribution in [2.75, 3.05) is 0 Å². The molecule has 0 aromatic carbocycles. The molecule has 0 aliphatic rings. The molecule has 0 saturated carbocycles. The SMILES string of the molecule is CCC[CH2][Sn]([CH2]CC)([CH2]CCC)[c]1cc(C)no1. The van der Waals surface area contributed by atoms with Gasteiger partial charge in [-0.3, -0.25) is 0 Å². The molecule has 1 aromatic rings. The molecule has 0 fully saturated rings. The van der Waals surface area contributed by atoms with Gasteiger partial charge in [0, 0.05) is 0 Å². The van der Waals surface area contributed by atoms with Crippen molar-refractivity contribution in [1.29, 1.82) is 0 Å². The van der Waals surface area contributed by atoms with Gasteiger partial charge < -0.3 is 0 Å². The molecule has 0 N–H and O–H groups in total. The van der Waals surface area contributed by atoms with Crippen LogP contribution in [0.25, 0.3) is 0 Å². The molecule has 1 heterocycles. The van der Waals surface area contributed by atoms with Crippen molar-refractivity contribution in [2.45, 2.75) is 73.1 Å². The fraction of sp³-hybridized carbons (Fsp3) is 0.800. The zero-order valence-corrected chi connectivity index (χ0v) is 15.4. The number of unbranched alkanes of at least 4 members (excludes halogenated alkanes) is 2. The molecule has 0 aliphatic carbocycles. The molecule has 0 saturated heterocycles. The van der Waals surface area contributed by atoms with Gasteiger partial charge in [-0.25, -0.2) is 0 Å². The molecular weight excluding hydrogens is 329 g/mol. The summed E-state index contributed by atoms with van der Waals surface area (Å²) in [6.07, 6.45) is 6.67. The topological polar surface area (TPSA) is 26.0 Å². The van der Waals surface area contributed by atoms with Gasteiger partial charge in [-0.2, -0.15) is 0 Å². The van der Waals surface area contributed by atoms with Crippen molar-refractivity contribution in [1.82, 2.24) is 5.16 Å². The van der Waals surface area contributed by atoms with E-state index in [2.05, 4.69) is 38.9 Å². The van der Waals surface area contributed by atoms with Crippen molar-refractivity contribution < 1.29 is 4.52 Å². The maximum atomic E-state index is 5.72. The number of aromatic nitrogens is 1. The van der Waals surface area contributed by atoms with E-state index in [0.29, 0.717) is 0 Å². The summed E-state index contributed by atoms with van der Waals surface area (Å²) >= 11 is -2.27. The molecule has 0 unspecified atom stereocenters. The van der Waals surface area contributed by atoms with Crippen LogP contribution in [0.1, 0.15) is 58.6 Å². The Morgan fingerprint density at radius 3 is 2.00 bits per heavy atom. The Morgan fingerprint density at radius 1 is 1.00 bits per heavy atom. The molecule has 2 nitrogen and oxygen atoms in total. The summed E-state index contributed by atoms with van der Waals surface area (Å²) < 4.78 is 11.4. The van der Waals surface area contributed by atoms with E-state index in [1.165, 1.54) is 49.2 Å². The van der Waals surface area contributed by atoms with Gasteiger partial charge in [0.15, 0.2) is 0 Å². The molecular formula is C15H29NOSn. The summed E-state index contributed by atoms with van der Waals surface area (Å²) in [5, 5.41) is 4.16. The van der Waals surface area contributed by atoms with Crippen molar-refractivity contribution in [3.05, 3.63) is 11.8 Å². The Kier molecular flexibility index (Phi) is 7.35. The van der Waals surface area contributed by atoms with Gasteiger partial charge >= 0.3 is 117 Å². The number of hydrogen-bond donors (Lipinski definition) is 0. The Hall–Kier alpha value is 0.00870. The van der Waals surface area contributed by atoms with Gasteiger partial charge in [-0.05, 0) is 0 Å². The monoisotopic (exact) mass is 359 g/mol. The second-order valence-corrected chi connectivity index (χ2v) is 18.6. The summed E-state index contributed by atoms with van der Waals surface area (Å²) in [5.74, 6) is 0. The van der Waals surface area contributed by atoms with Gasteiger partial charge in [-0.1, -0.05) is 0 Å². The third-order valence-electron chi connectivity index (χ3n) is 3.90. The number of rotatable bonds is 9. The number of hydrogen-bond acceptors (Lipinski definition) is 2. The minimum atomic E-state index is -2.27. The quantitative estimate of drug-likeness (QED) is 0.601. The fourth-order valence-electron chi connectivity index (χ4n) is 2.87. The summed E-state index contributed by atoms with van der Waals surface area (Å²) in [6, 6.07) is 2.25. The minimum absolute atomic E-state index is 1.06. The van der Waals surface area contributed by atoms with Gasteiger partial charge in [0.25, 0.3) is 0 Å². The third kappa shape index (κ3) is 4.29. The van der Waals surface area contributed by atoms with E-state index in [-0.39, 0.29) is 0 Å². The van der Waals surface area contributed by atoms with Crippen molar-refractivity contribution in [3.8, 4) is 0 Å². The Labute approximate surface area is 116 Å². The van der Waals surface area contributed by atoms with E-state index in [1.807, 2.05) is 0 Å². The second-order valence-electron chi connectivity index (χ2n) is 5.57. The third-order valence-corrected chi connectivity index (χ3v) is 19.2. The van der Waals surface area contributed by atoms with Crippen molar-refractivity contribution in [2.24, 2.45) is 0 Å². The summed E-state index contributed by atoms with van der Waals surface area (Å²) in [6.45, 7) is 8.98. The van der Waals surface area contributed by atoms with Crippen LogP contribution in [-0.2, 0) is 0 Å². The first-order valence-electron chi connectivity index (χ1n) is 7.62. The zero-order chi connectivity index (χ0) is 13.4. The first kappa shape index (κ1) is 16.1. The van der Waals surface area contributed by atoms with Crippen molar-refractivity contribution >= 4 is 22.2 Å². The normalized spacial score (nSPS) is 12.0. The van der Waals surface area contributed by atoms with Gasteiger partial charge in [0.2, 0.25) is 0 Å². The molecule has 104 valence electrons. The standard InChI is InChI=1S/C4H4NO.2C4H9.C3H7.Sn/c1-4-2-3-6-5-4;2*1-3-4-2;1-3-2;/h2H,1H3;2*1,3-4H2,2H3;1,3H2,2H3;. The van der Waals surface area contributed by atoms with E-state index >= 15 is 0 Å². The average Bonchev–Trinajstić information content (AvgIpc) is 2.80. The van der Waals surface area contributed by atoms with Gasteiger partial charge in [-0.15, -0.1) is 0 Å². The Bertz CT molecular complexity index is 327. The average molecular weight is 358 g/mol. The zero-order valence-electron chi connectivity index (χ0n) is 12.6. The van der Waals surface area contributed by atoms with Crippen molar-refractivity contribution in [3.63, 3.8) is 0 Å². The predicted octanol–water partition coefficient (Wildman–Crippen LogP) is 4.65. The summed E-state index contributed by atoms with van der Waals surface area (Å²) in [5.41, 5.74) is 1.06. The molecule has 0 aliphatic heterocycles. The molecule has 0 bridgehead atoms. The van der Waals surface area contributed by atoms with Crippen LogP contribution in [-0.4, -0.2) is 23.5 Å².